The van der Waals surface area contributed by atoms with E-state index in [2.05, 4.69) is 211 Å². The van der Waals surface area contributed by atoms with Crippen LogP contribution in [0.3, 0.4) is 0 Å². The Morgan fingerprint density at radius 2 is 0.902 bits per heavy atom. The van der Waals surface area contributed by atoms with Crippen molar-refractivity contribution in [3.8, 4) is 5.75 Å². The highest BCUT2D eigenvalue weighted by Gasteiger charge is 2.54. The highest BCUT2D eigenvalue weighted by atomic mass is 16.7. The molecule has 6 heterocycles. The van der Waals surface area contributed by atoms with Crippen LogP contribution in [0.25, 0.3) is 6.08 Å². The van der Waals surface area contributed by atoms with Gasteiger partial charge < -0.3 is 48.7 Å². The van der Waals surface area contributed by atoms with Crippen LogP contribution in [0.5, 0.6) is 5.75 Å². The maximum absolute atomic E-state index is 13.6. The summed E-state index contributed by atoms with van der Waals surface area (Å²) in [6.45, 7) is 46.2. The Morgan fingerprint density at radius 3 is 1.24 bits per heavy atom. The van der Waals surface area contributed by atoms with Crippen molar-refractivity contribution in [2.45, 2.75) is 358 Å². The minimum atomic E-state index is -0.927. The number of methoxy groups -OCH3 is 1. The second kappa shape index (κ2) is 28.8. The number of ether oxygens (including phenoxy) is 7. The van der Waals surface area contributed by atoms with E-state index < -0.39 is 41.9 Å². The summed E-state index contributed by atoms with van der Waals surface area (Å²) in [5.41, 5.74) is 0.0831. The average Bonchev–Trinajstić information content (AvgIpc) is 2.08. The lowest BCUT2D eigenvalue weighted by molar-refractivity contribution is -0.324. The molecule has 8 rings (SSSR count). The monoisotopic (exact) mass is 1290 g/mol. The lowest BCUT2D eigenvalue weighted by Gasteiger charge is -2.60. The van der Waals surface area contributed by atoms with E-state index in [1.807, 2.05) is 12.1 Å². The molecule has 0 amide bonds. The molecule has 6 aliphatic heterocycles. The van der Waals surface area contributed by atoms with Gasteiger partial charge in [-0.05, 0) is 222 Å². The summed E-state index contributed by atoms with van der Waals surface area (Å²) in [6, 6.07) is 7.90. The second-order valence-electron chi connectivity index (χ2n) is 34.9. The molecule has 0 bridgehead atoms. The number of nitrogens with zero attached hydrogens (tertiary/aromatic N) is 4. The highest BCUT2D eigenvalue weighted by molar-refractivity contribution is 6.17. The topological polar surface area (TPSA) is 170 Å². The van der Waals surface area contributed by atoms with E-state index in [0.29, 0.717) is 72.9 Å². The normalized spacial score (nSPS) is 31.1. The molecule has 6 unspecified atom stereocenters. The summed E-state index contributed by atoms with van der Waals surface area (Å²) < 4.78 is 42.1. The van der Waals surface area contributed by atoms with E-state index in [9.17, 15) is 19.2 Å². The van der Waals surface area contributed by atoms with E-state index in [-0.39, 0.29) is 80.7 Å². The molecule has 1 aromatic rings. The lowest BCUT2D eigenvalue weighted by Crippen LogP contribution is -2.68. The number of rotatable bonds is 13. The smallest absolute Gasteiger partial charge is 0.345 e. The van der Waals surface area contributed by atoms with E-state index >= 15 is 0 Å². The van der Waals surface area contributed by atoms with Crippen molar-refractivity contribution < 1.29 is 52.3 Å². The van der Waals surface area contributed by atoms with E-state index in [1.54, 1.807) is 25.3 Å². The first-order chi connectivity index (χ1) is 42.1. The lowest BCUT2D eigenvalue weighted by atomic mass is 9.67. The molecule has 6 saturated heterocycles. The van der Waals surface area contributed by atoms with Gasteiger partial charge in [0.25, 0.3) is 0 Å². The predicted molar refractivity (Wildman–Crippen MR) is 368 cm³/mol. The van der Waals surface area contributed by atoms with Crippen molar-refractivity contribution >= 4 is 30.0 Å². The Morgan fingerprint density at radius 1 is 0.533 bits per heavy atom. The zero-order valence-electron chi connectivity index (χ0n) is 62.8. The summed E-state index contributed by atoms with van der Waals surface area (Å²) >= 11 is 0. The van der Waals surface area contributed by atoms with Gasteiger partial charge in [-0.15, -0.1) is 0 Å². The number of benzene rings is 1. The number of carbonyl (C=O) groups excluding carboxylic acids is 4. The van der Waals surface area contributed by atoms with Gasteiger partial charge in [0.1, 0.15) is 35.7 Å². The number of likely N-dealkylation sites (tertiary alicyclic amines) is 3. The fourth-order valence-corrected chi connectivity index (χ4v) is 17.5. The molecule has 526 valence electrons. The van der Waals surface area contributed by atoms with Gasteiger partial charge in [0.05, 0.1) is 7.11 Å². The summed E-state index contributed by atoms with van der Waals surface area (Å²) in [6.07, 6.45) is 12.7. The molecular weight excluding hydrogens is 1160 g/mol. The highest BCUT2D eigenvalue weighted by Crippen LogP contribution is 2.47. The first-order valence-corrected chi connectivity index (χ1v) is 35.1. The van der Waals surface area contributed by atoms with Crippen molar-refractivity contribution in [3.05, 3.63) is 35.4 Å². The maximum Gasteiger partial charge on any atom is 0.345 e. The zero-order valence-corrected chi connectivity index (χ0v) is 62.8. The van der Waals surface area contributed by atoms with Gasteiger partial charge in [-0.1, -0.05) is 39.3 Å². The third-order valence-corrected chi connectivity index (χ3v) is 23.0. The van der Waals surface area contributed by atoms with Crippen molar-refractivity contribution in [2.24, 2.45) is 5.92 Å². The van der Waals surface area contributed by atoms with Gasteiger partial charge >= 0.3 is 23.9 Å². The van der Waals surface area contributed by atoms with Crippen LogP contribution < -0.4 is 15.4 Å². The summed E-state index contributed by atoms with van der Waals surface area (Å²) in [5, 5.41) is 7.25. The van der Waals surface area contributed by atoms with Crippen LogP contribution in [0.4, 0.5) is 0 Å². The van der Waals surface area contributed by atoms with Crippen LogP contribution in [-0.4, -0.2) is 190 Å². The summed E-state index contributed by atoms with van der Waals surface area (Å²) in [4.78, 5) is 63.9. The molecule has 2 N–H and O–H groups in total. The fourth-order valence-electron chi connectivity index (χ4n) is 17.5. The third kappa shape index (κ3) is 19.1. The SMILES string of the molecule is CC1(C)CC(OC(=O)C2CC(C(=O)OC3CC(C)(C)NC(C)(C)C3)OC3(CCCCC3)O2)CC(C)(C)N1.CCC1(C)CC(N(C)C)C(C)C(C)(CC)N1C.COc1ccc(C=C(C(=O)OC2CC(C)(C)N(C)C(C)(C)C2)C(=O)OC2CC(C)(C)N(C)C(C)(C)C2)cc1. The molecule has 0 radical (unpaired) electrons. The van der Waals surface area contributed by atoms with Crippen molar-refractivity contribution in [2.75, 3.05) is 42.3 Å². The molecule has 1 aromatic carbocycles. The van der Waals surface area contributed by atoms with Crippen LogP contribution in [0.2, 0.25) is 0 Å². The Hall–Kier alpha value is -3.68. The molecule has 1 saturated carbocycles. The largest absolute Gasteiger partial charge is 0.497 e. The van der Waals surface area contributed by atoms with Crippen LogP contribution in [0, 0.1) is 5.92 Å². The molecule has 0 aromatic heterocycles. The van der Waals surface area contributed by atoms with Gasteiger partial charge in [-0.2, -0.15) is 0 Å². The quantitative estimate of drug-likeness (QED) is 0.0628. The number of hydrogen-bond donors (Lipinski definition) is 2. The number of carbonyl (C=O) groups is 4. The summed E-state index contributed by atoms with van der Waals surface area (Å²) in [5.74, 6) is -1.59. The van der Waals surface area contributed by atoms with Gasteiger partial charge in [0, 0.05) is 132 Å². The molecule has 6 atom stereocenters. The standard InChI is InChI=1S/C31H48N2O5.C29H50N2O6.C15H32N2/c1-28(2)17-23(18-29(3,4)32(28)9)37-26(34)25(16-21-12-14-22(36-11)15-13-21)27(35)38-24-19-30(5,6)33(10)31(7,8)20-24;1-25(2)15-19(16-26(3,4)30-25)34-23(32)21-14-22(37-29(36-21)12-10-9-11-13-29)24(33)35-20-17-27(5,6)31-28(7,8)18-20;1-9-14(4)11-13(16(6)7)12(3)15(5,10-2)17(14)8/h12-16,23-24H,17-20H2,1-11H3;19-22,30-31H,9-18H2,1-8H3;12-13H,9-11H2,1-8H3. The molecule has 7 fully saturated rings. The molecule has 1 spiro atoms. The minimum absolute atomic E-state index is 0.0840. The Kier molecular flexibility index (Phi) is 24.2. The Balaban J connectivity index is 0.000000235. The van der Waals surface area contributed by atoms with E-state index in [4.69, 9.17) is 33.2 Å². The summed E-state index contributed by atoms with van der Waals surface area (Å²) in [7, 11) is 12.6. The molecule has 7 aliphatic rings. The van der Waals surface area contributed by atoms with Crippen LogP contribution in [0.15, 0.2) is 29.8 Å². The third-order valence-electron chi connectivity index (χ3n) is 23.0. The van der Waals surface area contributed by atoms with Gasteiger partial charge in [-0.25, -0.2) is 19.2 Å². The molecule has 17 heteroatoms. The Labute approximate surface area is 557 Å². The second-order valence-corrected chi connectivity index (χ2v) is 34.9. The van der Waals surface area contributed by atoms with Crippen LogP contribution in [0.1, 0.15) is 260 Å². The Bertz CT molecular complexity index is 2520. The number of piperidine rings is 5. The minimum Gasteiger partial charge on any atom is -0.497 e. The fraction of sp³-hybridized carbons (Fsp3) is 0.840. The van der Waals surface area contributed by atoms with Gasteiger partial charge in [0.2, 0.25) is 0 Å². The number of hydrogen-bond acceptors (Lipinski definition) is 17. The first kappa shape index (κ1) is 77.3. The number of esters is 4. The first-order valence-electron chi connectivity index (χ1n) is 35.1. The van der Waals surface area contributed by atoms with Crippen LogP contribution >= 0.6 is 0 Å². The van der Waals surface area contributed by atoms with Crippen molar-refractivity contribution in [1.29, 1.82) is 0 Å². The molecule has 1 aliphatic carbocycles. The maximum atomic E-state index is 13.6. The van der Waals surface area contributed by atoms with E-state index in [1.165, 1.54) is 19.3 Å². The molecule has 17 nitrogen and oxygen atoms in total. The molecule has 92 heavy (non-hydrogen) atoms. The average molecular weight is 1290 g/mol. The van der Waals surface area contributed by atoms with Crippen molar-refractivity contribution in [1.82, 2.24) is 30.2 Å². The van der Waals surface area contributed by atoms with E-state index in [0.717, 1.165) is 44.9 Å². The van der Waals surface area contributed by atoms with Gasteiger partial charge in [-0.3, -0.25) is 14.7 Å². The number of nitrogens with one attached hydrogen (secondary N) is 2. The van der Waals surface area contributed by atoms with Crippen LogP contribution in [-0.2, 0) is 47.6 Å². The predicted octanol–water partition coefficient (Wildman–Crippen LogP) is 13.2. The molecular formula is C75H130N6O11. The van der Waals surface area contributed by atoms with Crippen molar-refractivity contribution in [3.63, 3.8) is 0 Å². The zero-order chi connectivity index (χ0) is 69.4. The van der Waals surface area contributed by atoms with Gasteiger partial charge in [0.15, 0.2) is 18.0 Å².